The van der Waals surface area contributed by atoms with E-state index in [1.807, 2.05) is 0 Å². The first-order valence-corrected chi connectivity index (χ1v) is 6.22. The third-order valence-corrected chi connectivity index (χ3v) is 2.68. The maximum Gasteiger partial charge on any atom is 0.305 e. The van der Waals surface area contributed by atoms with Gasteiger partial charge in [-0.25, -0.2) is 0 Å². The number of rotatable bonds is 4. The molecule has 0 aromatic heterocycles. The number of aliphatic hydroxyl groups is 2. The average molecular weight is 306 g/mol. The summed E-state index contributed by atoms with van der Waals surface area (Å²) < 4.78 is 19.9. The van der Waals surface area contributed by atoms with E-state index >= 15 is 0 Å². The largest absolute Gasteiger partial charge is 0.455 e. The lowest BCUT2D eigenvalue weighted by atomic mass is 9.98. The first kappa shape index (κ1) is 17.3. The lowest BCUT2D eigenvalue weighted by Crippen LogP contribution is -2.61. The van der Waals surface area contributed by atoms with Gasteiger partial charge in [-0.3, -0.25) is 14.4 Å². The van der Waals surface area contributed by atoms with Crippen molar-refractivity contribution in [2.45, 2.75) is 51.5 Å². The van der Waals surface area contributed by atoms with Gasteiger partial charge >= 0.3 is 17.9 Å². The van der Waals surface area contributed by atoms with Gasteiger partial charge in [0.15, 0.2) is 6.10 Å². The second-order valence-corrected chi connectivity index (χ2v) is 4.47. The van der Waals surface area contributed by atoms with E-state index in [9.17, 15) is 19.5 Å². The standard InChI is InChI=1S/C12H18O9/c1-5(14)18-10-9(17)8(4-13)21-12(20-7(3)16)11(10)19-6(2)15/h8-13,17H,4H2,1-3H3/t8-,9-,10+,11-,12+/m1/s1. The van der Waals surface area contributed by atoms with Gasteiger partial charge in [-0.15, -0.1) is 0 Å². The normalized spacial score (nSPS) is 32.1. The number of ether oxygens (including phenoxy) is 4. The zero-order chi connectivity index (χ0) is 16.2. The molecule has 0 aliphatic carbocycles. The molecule has 0 spiro atoms. The van der Waals surface area contributed by atoms with Crippen molar-refractivity contribution in [2.24, 2.45) is 0 Å². The molecule has 120 valence electrons. The molecule has 2 N–H and O–H groups in total. The van der Waals surface area contributed by atoms with Crippen molar-refractivity contribution >= 4 is 17.9 Å². The second kappa shape index (κ2) is 7.34. The molecule has 21 heavy (non-hydrogen) atoms. The molecule has 1 fully saturated rings. The van der Waals surface area contributed by atoms with Crippen molar-refractivity contribution in [3.8, 4) is 0 Å². The maximum atomic E-state index is 11.1. The van der Waals surface area contributed by atoms with Crippen LogP contribution < -0.4 is 0 Å². The minimum Gasteiger partial charge on any atom is -0.455 e. The SMILES string of the molecule is CC(=O)O[C@H]1O[C@H](CO)[C@@H](O)[C@H](OC(C)=O)[C@H]1OC(C)=O. The van der Waals surface area contributed by atoms with Gasteiger partial charge in [0.25, 0.3) is 0 Å². The average Bonchev–Trinajstić information content (AvgIpc) is 2.35. The fourth-order valence-electron chi connectivity index (χ4n) is 1.94. The molecule has 1 aliphatic heterocycles. The molecule has 9 nitrogen and oxygen atoms in total. The number of hydrogen-bond donors (Lipinski definition) is 2. The summed E-state index contributed by atoms with van der Waals surface area (Å²) in [5.41, 5.74) is 0. The molecule has 0 saturated carbocycles. The Bertz CT molecular complexity index is 408. The van der Waals surface area contributed by atoms with Crippen molar-refractivity contribution in [3.05, 3.63) is 0 Å². The number of hydrogen-bond acceptors (Lipinski definition) is 9. The van der Waals surface area contributed by atoms with Gasteiger partial charge in [-0.1, -0.05) is 0 Å². The van der Waals surface area contributed by atoms with Crippen molar-refractivity contribution in [1.82, 2.24) is 0 Å². The summed E-state index contributed by atoms with van der Waals surface area (Å²) >= 11 is 0. The number of aliphatic hydroxyl groups excluding tert-OH is 2. The van der Waals surface area contributed by atoms with Crippen LogP contribution in [0.15, 0.2) is 0 Å². The quantitative estimate of drug-likeness (QED) is 0.470. The molecule has 1 aliphatic rings. The first-order valence-electron chi connectivity index (χ1n) is 6.22. The maximum absolute atomic E-state index is 11.1. The van der Waals surface area contributed by atoms with Gasteiger partial charge in [0.2, 0.25) is 12.4 Å². The van der Waals surface area contributed by atoms with Crippen LogP contribution in [0.1, 0.15) is 20.8 Å². The predicted octanol–water partition coefficient (Wildman–Crippen LogP) is -1.51. The molecule has 1 rings (SSSR count). The van der Waals surface area contributed by atoms with Crippen LogP contribution in [0.4, 0.5) is 0 Å². The van der Waals surface area contributed by atoms with Gasteiger partial charge < -0.3 is 29.2 Å². The minimum atomic E-state index is -1.45. The summed E-state index contributed by atoms with van der Waals surface area (Å²) in [6.07, 6.45) is -6.69. The summed E-state index contributed by atoms with van der Waals surface area (Å²) in [5.74, 6) is -2.21. The Kier molecular flexibility index (Phi) is 6.06. The number of esters is 3. The number of carbonyl (C=O) groups excluding carboxylic acids is 3. The molecule has 0 bridgehead atoms. The molecule has 9 heteroatoms. The Hall–Kier alpha value is -1.71. The molecule has 5 atom stereocenters. The summed E-state index contributed by atoms with van der Waals surface area (Å²) in [7, 11) is 0. The summed E-state index contributed by atoms with van der Waals surface area (Å²) in [4.78, 5) is 33.3. The highest BCUT2D eigenvalue weighted by Gasteiger charge is 2.50. The lowest BCUT2D eigenvalue weighted by molar-refractivity contribution is -0.297. The zero-order valence-corrected chi connectivity index (χ0v) is 11.8. The Morgan fingerprint density at radius 1 is 0.952 bits per heavy atom. The molecule has 0 amide bonds. The second-order valence-electron chi connectivity index (χ2n) is 4.47. The van der Waals surface area contributed by atoms with Crippen LogP contribution in [0.25, 0.3) is 0 Å². The van der Waals surface area contributed by atoms with Crippen molar-refractivity contribution in [3.63, 3.8) is 0 Å². The summed E-state index contributed by atoms with van der Waals surface area (Å²) in [5, 5.41) is 19.2. The van der Waals surface area contributed by atoms with Gasteiger partial charge in [-0.05, 0) is 0 Å². The molecule has 1 saturated heterocycles. The molecule has 0 radical (unpaired) electrons. The van der Waals surface area contributed by atoms with Crippen LogP contribution in [-0.4, -0.2) is 65.4 Å². The third-order valence-electron chi connectivity index (χ3n) is 2.68. The van der Waals surface area contributed by atoms with Gasteiger partial charge in [-0.2, -0.15) is 0 Å². The number of carbonyl (C=O) groups is 3. The monoisotopic (exact) mass is 306 g/mol. The highest BCUT2D eigenvalue weighted by atomic mass is 16.7. The predicted molar refractivity (Wildman–Crippen MR) is 64.6 cm³/mol. The van der Waals surface area contributed by atoms with Crippen LogP contribution >= 0.6 is 0 Å². The molecule has 0 unspecified atom stereocenters. The van der Waals surface area contributed by atoms with E-state index in [2.05, 4.69) is 0 Å². The van der Waals surface area contributed by atoms with Crippen LogP contribution in [0.2, 0.25) is 0 Å². The zero-order valence-electron chi connectivity index (χ0n) is 11.8. The van der Waals surface area contributed by atoms with E-state index in [0.717, 1.165) is 20.8 Å². The molecule has 1 heterocycles. The van der Waals surface area contributed by atoms with Crippen LogP contribution in [0.5, 0.6) is 0 Å². The van der Waals surface area contributed by atoms with Crippen molar-refractivity contribution < 1.29 is 43.5 Å². The van der Waals surface area contributed by atoms with Crippen LogP contribution in [0.3, 0.4) is 0 Å². The highest BCUT2D eigenvalue weighted by Crippen LogP contribution is 2.27. The summed E-state index contributed by atoms with van der Waals surface area (Å²) in [6.45, 7) is 2.69. The molecular weight excluding hydrogens is 288 g/mol. The Morgan fingerprint density at radius 3 is 1.86 bits per heavy atom. The fraction of sp³-hybridized carbons (Fsp3) is 0.750. The lowest BCUT2D eigenvalue weighted by Gasteiger charge is -2.41. The van der Waals surface area contributed by atoms with Gasteiger partial charge in [0.1, 0.15) is 12.2 Å². The Labute approximate surface area is 120 Å². The van der Waals surface area contributed by atoms with E-state index in [4.69, 9.17) is 24.1 Å². The van der Waals surface area contributed by atoms with E-state index in [-0.39, 0.29) is 0 Å². The molecule has 0 aromatic carbocycles. The first-order chi connectivity index (χ1) is 9.76. The fourth-order valence-corrected chi connectivity index (χ4v) is 1.94. The van der Waals surface area contributed by atoms with E-state index in [0.29, 0.717) is 0 Å². The molecular formula is C12H18O9. The Balaban J connectivity index is 3.05. The van der Waals surface area contributed by atoms with Crippen molar-refractivity contribution in [2.75, 3.05) is 6.61 Å². The van der Waals surface area contributed by atoms with Gasteiger partial charge in [0, 0.05) is 20.8 Å². The topological polar surface area (TPSA) is 129 Å². The van der Waals surface area contributed by atoms with Crippen molar-refractivity contribution in [1.29, 1.82) is 0 Å². The third kappa shape index (κ3) is 4.66. The van der Waals surface area contributed by atoms with E-state index in [1.165, 1.54) is 0 Å². The summed E-state index contributed by atoms with van der Waals surface area (Å²) in [6, 6.07) is 0. The Morgan fingerprint density at radius 2 is 1.43 bits per heavy atom. The van der Waals surface area contributed by atoms with Crippen LogP contribution in [-0.2, 0) is 33.3 Å². The smallest absolute Gasteiger partial charge is 0.305 e. The minimum absolute atomic E-state index is 0.608. The van der Waals surface area contributed by atoms with Crippen LogP contribution in [0, 0.1) is 0 Å². The highest BCUT2D eigenvalue weighted by molar-refractivity contribution is 5.68. The van der Waals surface area contributed by atoms with E-state index in [1.54, 1.807) is 0 Å². The molecule has 0 aromatic rings. The van der Waals surface area contributed by atoms with Gasteiger partial charge in [0.05, 0.1) is 6.61 Å². The van der Waals surface area contributed by atoms with E-state index < -0.39 is 55.2 Å².